The number of rotatable bonds is 3. The molecule has 0 bridgehead atoms. The van der Waals surface area contributed by atoms with Crippen LogP contribution in [0.25, 0.3) is 0 Å². The van der Waals surface area contributed by atoms with Crippen molar-refractivity contribution in [3.05, 3.63) is 33.3 Å². The lowest BCUT2D eigenvalue weighted by molar-refractivity contribution is -0.0161. The molecule has 100 valence electrons. The zero-order valence-electron chi connectivity index (χ0n) is 10.8. The van der Waals surface area contributed by atoms with Gasteiger partial charge in [0.2, 0.25) is 0 Å². The van der Waals surface area contributed by atoms with E-state index in [0.717, 1.165) is 40.7 Å². The predicted molar refractivity (Wildman–Crippen MR) is 80.1 cm³/mol. The van der Waals surface area contributed by atoms with Gasteiger partial charge in [0, 0.05) is 15.9 Å². The highest BCUT2D eigenvalue weighted by Gasteiger charge is 2.34. The van der Waals surface area contributed by atoms with E-state index in [1.165, 1.54) is 6.42 Å². The van der Waals surface area contributed by atoms with Gasteiger partial charge < -0.3 is 5.11 Å². The van der Waals surface area contributed by atoms with Crippen LogP contribution in [0.15, 0.2) is 22.7 Å². The van der Waals surface area contributed by atoms with Crippen molar-refractivity contribution in [1.29, 1.82) is 0 Å². The lowest BCUT2D eigenvalue weighted by Gasteiger charge is -2.37. The summed E-state index contributed by atoms with van der Waals surface area (Å²) in [6.07, 6.45) is 6.04. The van der Waals surface area contributed by atoms with E-state index in [4.69, 9.17) is 11.6 Å². The van der Waals surface area contributed by atoms with Gasteiger partial charge in [-0.2, -0.15) is 0 Å². The van der Waals surface area contributed by atoms with Crippen LogP contribution in [0.5, 0.6) is 0 Å². The number of aliphatic hydroxyl groups is 1. The van der Waals surface area contributed by atoms with Crippen molar-refractivity contribution in [1.82, 2.24) is 0 Å². The maximum atomic E-state index is 10.7. The van der Waals surface area contributed by atoms with E-state index >= 15 is 0 Å². The summed E-state index contributed by atoms with van der Waals surface area (Å²) in [6, 6.07) is 5.91. The van der Waals surface area contributed by atoms with Gasteiger partial charge in [-0.1, -0.05) is 59.8 Å². The maximum absolute atomic E-state index is 10.7. The molecule has 1 aromatic carbocycles. The Hall–Kier alpha value is -0.0500. The Morgan fingerprint density at radius 2 is 2.28 bits per heavy atom. The second-order valence-corrected chi connectivity index (χ2v) is 6.83. The first-order chi connectivity index (χ1) is 8.52. The first-order valence-corrected chi connectivity index (χ1v) is 7.86. The summed E-state index contributed by atoms with van der Waals surface area (Å²) in [5.41, 5.74) is 0.496. The second-order valence-electron chi connectivity index (χ2n) is 5.51. The Balaban J connectivity index is 2.11. The summed E-state index contributed by atoms with van der Waals surface area (Å²) >= 11 is 9.65. The van der Waals surface area contributed by atoms with Crippen LogP contribution in [-0.4, -0.2) is 10.7 Å². The molecule has 0 heterocycles. The Kier molecular flexibility index (Phi) is 4.74. The van der Waals surface area contributed by atoms with Gasteiger partial charge in [-0.15, -0.1) is 0 Å². The predicted octanol–water partition coefficient (Wildman–Crippen LogP) is 4.98. The standard InChI is InChI=1S/C15H20BrClO/c1-2-11-4-3-7-15(18,9-11)10-12-5-6-13(16)8-14(12)17/h5-6,8,11,18H,2-4,7,9-10H2,1H3. The number of halogens is 2. The normalized spacial score (nSPS) is 28.3. The molecule has 1 saturated carbocycles. The SMILES string of the molecule is CCC1CCCC(O)(Cc2ccc(Br)cc2Cl)C1. The molecule has 3 heteroatoms. The summed E-state index contributed by atoms with van der Waals surface area (Å²) in [7, 11) is 0. The van der Waals surface area contributed by atoms with Gasteiger partial charge in [0.25, 0.3) is 0 Å². The van der Waals surface area contributed by atoms with Crippen molar-refractivity contribution in [3.8, 4) is 0 Å². The average molecular weight is 332 g/mol. The van der Waals surface area contributed by atoms with Crippen LogP contribution in [0.3, 0.4) is 0 Å². The third-order valence-electron chi connectivity index (χ3n) is 4.04. The highest BCUT2D eigenvalue weighted by molar-refractivity contribution is 9.10. The van der Waals surface area contributed by atoms with Crippen molar-refractivity contribution in [2.75, 3.05) is 0 Å². The number of hydrogen-bond acceptors (Lipinski definition) is 1. The van der Waals surface area contributed by atoms with Gasteiger partial charge in [0.1, 0.15) is 0 Å². The summed E-state index contributed by atoms with van der Waals surface area (Å²) in [5, 5.41) is 11.5. The molecule has 1 nitrogen and oxygen atoms in total. The van der Waals surface area contributed by atoms with E-state index in [1.807, 2.05) is 18.2 Å². The minimum absolute atomic E-state index is 0.559. The van der Waals surface area contributed by atoms with E-state index in [9.17, 15) is 5.11 Å². The molecule has 1 fully saturated rings. The van der Waals surface area contributed by atoms with Gasteiger partial charge in [0.15, 0.2) is 0 Å². The Bertz CT molecular complexity index is 421. The van der Waals surface area contributed by atoms with Crippen LogP contribution < -0.4 is 0 Å². The molecule has 2 rings (SSSR count). The van der Waals surface area contributed by atoms with Crippen molar-refractivity contribution < 1.29 is 5.11 Å². The fourth-order valence-electron chi connectivity index (χ4n) is 2.99. The van der Waals surface area contributed by atoms with E-state index in [2.05, 4.69) is 22.9 Å². The topological polar surface area (TPSA) is 20.2 Å². The molecule has 1 N–H and O–H groups in total. The summed E-state index contributed by atoms with van der Waals surface area (Å²) in [5.74, 6) is 0.665. The molecule has 2 unspecified atom stereocenters. The molecule has 18 heavy (non-hydrogen) atoms. The average Bonchev–Trinajstić information content (AvgIpc) is 2.33. The second kappa shape index (κ2) is 5.94. The van der Waals surface area contributed by atoms with Crippen LogP contribution in [-0.2, 0) is 6.42 Å². The fraction of sp³-hybridized carbons (Fsp3) is 0.600. The molecule has 1 aliphatic rings. The van der Waals surface area contributed by atoms with Crippen molar-refractivity contribution in [2.24, 2.45) is 5.92 Å². The van der Waals surface area contributed by atoms with Gasteiger partial charge in [-0.3, -0.25) is 0 Å². The molecule has 0 amide bonds. The van der Waals surface area contributed by atoms with E-state index in [0.29, 0.717) is 12.3 Å². The highest BCUT2D eigenvalue weighted by Crippen LogP contribution is 2.37. The molecule has 1 aromatic rings. The van der Waals surface area contributed by atoms with Crippen molar-refractivity contribution in [3.63, 3.8) is 0 Å². The molecule has 1 aliphatic carbocycles. The summed E-state index contributed by atoms with van der Waals surface area (Å²) in [4.78, 5) is 0. The summed E-state index contributed by atoms with van der Waals surface area (Å²) in [6.45, 7) is 2.21. The van der Waals surface area contributed by atoms with Crippen LogP contribution >= 0.6 is 27.5 Å². The smallest absolute Gasteiger partial charge is 0.0691 e. The van der Waals surface area contributed by atoms with Gasteiger partial charge in [0.05, 0.1) is 5.60 Å². The lowest BCUT2D eigenvalue weighted by atomic mass is 9.74. The molecular formula is C15H20BrClO. The largest absolute Gasteiger partial charge is 0.390 e. The quantitative estimate of drug-likeness (QED) is 0.828. The third-order valence-corrected chi connectivity index (χ3v) is 4.88. The molecule has 0 aromatic heterocycles. The van der Waals surface area contributed by atoms with Gasteiger partial charge in [-0.05, 0) is 36.5 Å². The van der Waals surface area contributed by atoms with Gasteiger partial charge >= 0.3 is 0 Å². The molecule has 0 spiro atoms. The van der Waals surface area contributed by atoms with E-state index in [1.54, 1.807) is 0 Å². The molecule has 0 radical (unpaired) electrons. The van der Waals surface area contributed by atoms with E-state index < -0.39 is 5.60 Å². The Morgan fingerprint density at radius 1 is 1.50 bits per heavy atom. The first kappa shape index (κ1) is 14.4. The molecule has 0 aliphatic heterocycles. The molecule has 2 atom stereocenters. The van der Waals surface area contributed by atoms with Crippen LogP contribution in [0.2, 0.25) is 5.02 Å². The molecule has 0 saturated heterocycles. The van der Waals surface area contributed by atoms with Crippen LogP contribution in [0.4, 0.5) is 0 Å². The first-order valence-electron chi connectivity index (χ1n) is 6.69. The van der Waals surface area contributed by atoms with Crippen LogP contribution in [0.1, 0.15) is 44.6 Å². The number of hydrogen-bond donors (Lipinski definition) is 1. The van der Waals surface area contributed by atoms with Crippen molar-refractivity contribution in [2.45, 2.75) is 51.0 Å². The zero-order chi connectivity index (χ0) is 13.2. The van der Waals surface area contributed by atoms with Crippen LogP contribution in [0, 0.1) is 5.92 Å². The summed E-state index contributed by atoms with van der Waals surface area (Å²) < 4.78 is 0.985. The Morgan fingerprint density at radius 3 is 2.94 bits per heavy atom. The third kappa shape index (κ3) is 3.49. The minimum Gasteiger partial charge on any atom is -0.390 e. The maximum Gasteiger partial charge on any atom is 0.0691 e. The monoisotopic (exact) mass is 330 g/mol. The minimum atomic E-state index is -0.559. The Labute approximate surface area is 123 Å². The number of benzene rings is 1. The van der Waals surface area contributed by atoms with Gasteiger partial charge in [-0.25, -0.2) is 0 Å². The zero-order valence-corrected chi connectivity index (χ0v) is 13.1. The van der Waals surface area contributed by atoms with E-state index in [-0.39, 0.29) is 0 Å². The van der Waals surface area contributed by atoms with Crippen molar-refractivity contribution >= 4 is 27.5 Å². The molecular weight excluding hydrogens is 312 g/mol. The lowest BCUT2D eigenvalue weighted by Crippen LogP contribution is -2.37. The fourth-order valence-corrected chi connectivity index (χ4v) is 3.73. The highest BCUT2D eigenvalue weighted by atomic mass is 79.9.